The van der Waals surface area contributed by atoms with Gasteiger partial charge in [0.05, 0.1) is 10.5 Å². The Kier molecular flexibility index (Phi) is 5.57. The molecule has 156 valence electrons. The van der Waals surface area contributed by atoms with E-state index < -0.39 is 21.6 Å². The van der Waals surface area contributed by atoms with Crippen LogP contribution in [-0.2, 0) is 16.0 Å². The maximum absolute atomic E-state index is 12.8. The summed E-state index contributed by atoms with van der Waals surface area (Å²) in [6.07, 6.45) is -2.54. The Morgan fingerprint density at radius 3 is 2.24 bits per heavy atom. The predicted octanol–water partition coefficient (Wildman–Crippen LogP) is 2.77. The number of carbonyl (C=O) groups excluding carboxylic acids is 1. The third-order valence-corrected chi connectivity index (χ3v) is 6.04. The van der Waals surface area contributed by atoms with Crippen LogP contribution < -0.4 is 4.90 Å². The van der Waals surface area contributed by atoms with Crippen LogP contribution in [0.15, 0.2) is 41.4 Å². The van der Waals surface area contributed by atoms with Crippen LogP contribution in [-0.4, -0.2) is 56.6 Å². The second-order valence-corrected chi connectivity index (χ2v) is 8.92. The molecular formula is C19H20F3N3O3S. The van der Waals surface area contributed by atoms with Crippen LogP contribution in [0.25, 0.3) is 0 Å². The van der Waals surface area contributed by atoms with E-state index in [-0.39, 0.29) is 16.4 Å². The summed E-state index contributed by atoms with van der Waals surface area (Å²) in [6.45, 7) is 3.19. The zero-order valence-corrected chi connectivity index (χ0v) is 16.7. The molecule has 0 aliphatic carbocycles. The van der Waals surface area contributed by atoms with Gasteiger partial charge in [0.2, 0.25) is 0 Å². The summed E-state index contributed by atoms with van der Waals surface area (Å²) in [4.78, 5) is 20.2. The number of rotatable bonds is 3. The Hall–Kier alpha value is -2.62. The molecule has 2 heterocycles. The molecule has 1 saturated heterocycles. The normalized spacial score (nSPS) is 15.5. The van der Waals surface area contributed by atoms with Crippen molar-refractivity contribution in [3.05, 3.63) is 53.2 Å². The summed E-state index contributed by atoms with van der Waals surface area (Å²) in [5, 5.41) is 0. The minimum Gasteiger partial charge on any atom is -0.353 e. The van der Waals surface area contributed by atoms with Crippen molar-refractivity contribution in [2.75, 3.05) is 37.3 Å². The van der Waals surface area contributed by atoms with E-state index in [0.717, 1.165) is 18.5 Å². The lowest BCUT2D eigenvalue weighted by Crippen LogP contribution is -2.49. The van der Waals surface area contributed by atoms with Crippen LogP contribution in [0, 0.1) is 6.92 Å². The third-order valence-electron chi connectivity index (χ3n) is 4.80. The standard InChI is InChI=1S/C19H20F3N3O3S/c1-13-3-4-14(11-16(13)29(2,27)28)18(26)25-9-7-24(8-10-25)17-6-5-15(12-23-17)19(20,21)22/h3-6,11-12H,7-10H2,1-2H3. The quantitative estimate of drug-likeness (QED) is 0.754. The van der Waals surface area contributed by atoms with Crippen molar-refractivity contribution >= 4 is 21.6 Å². The van der Waals surface area contributed by atoms with Gasteiger partial charge in [-0.15, -0.1) is 0 Å². The lowest BCUT2D eigenvalue weighted by molar-refractivity contribution is -0.137. The van der Waals surface area contributed by atoms with Gasteiger partial charge in [-0.3, -0.25) is 4.79 Å². The van der Waals surface area contributed by atoms with Gasteiger partial charge in [0.25, 0.3) is 5.91 Å². The molecule has 1 amide bonds. The molecule has 3 rings (SSSR count). The first kappa shape index (κ1) is 21.1. The van der Waals surface area contributed by atoms with Gasteiger partial charge >= 0.3 is 6.18 Å². The number of aromatic nitrogens is 1. The number of carbonyl (C=O) groups is 1. The number of pyridine rings is 1. The molecule has 0 atom stereocenters. The number of piperazine rings is 1. The molecule has 1 aliphatic heterocycles. The number of nitrogens with zero attached hydrogens (tertiary/aromatic N) is 3. The fourth-order valence-corrected chi connectivity index (χ4v) is 4.19. The van der Waals surface area contributed by atoms with Gasteiger partial charge in [-0.2, -0.15) is 13.2 Å². The third kappa shape index (κ3) is 4.69. The summed E-state index contributed by atoms with van der Waals surface area (Å²) in [6, 6.07) is 6.89. The highest BCUT2D eigenvalue weighted by Gasteiger charge is 2.31. The molecular weight excluding hydrogens is 407 g/mol. The minimum atomic E-state index is -4.44. The van der Waals surface area contributed by atoms with Crippen LogP contribution in [0.5, 0.6) is 0 Å². The van der Waals surface area contributed by atoms with Crippen molar-refractivity contribution < 1.29 is 26.4 Å². The van der Waals surface area contributed by atoms with E-state index in [9.17, 15) is 26.4 Å². The van der Waals surface area contributed by atoms with Crippen molar-refractivity contribution in [1.29, 1.82) is 0 Å². The second kappa shape index (κ2) is 7.66. The van der Waals surface area contributed by atoms with E-state index in [1.54, 1.807) is 28.9 Å². The van der Waals surface area contributed by atoms with Gasteiger partial charge in [-0.25, -0.2) is 13.4 Å². The molecule has 10 heteroatoms. The zero-order chi connectivity index (χ0) is 21.4. The second-order valence-electron chi connectivity index (χ2n) is 6.93. The molecule has 6 nitrogen and oxygen atoms in total. The highest BCUT2D eigenvalue weighted by atomic mass is 32.2. The number of amides is 1. The van der Waals surface area contributed by atoms with Gasteiger partial charge in [0.15, 0.2) is 9.84 Å². The van der Waals surface area contributed by atoms with E-state index in [1.807, 2.05) is 0 Å². The first-order valence-corrected chi connectivity index (χ1v) is 10.7. The monoisotopic (exact) mass is 427 g/mol. The minimum absolute atomic E-state index is 0.121. The summed E-state index contributed by atoms with van der Waals surface area (Å²) in [7, 11) is -3.45. The van der Waals surface area contributed by atoms with Crippen LogP contribution in [0.1, 0.15) is 21.5 Å². The van der Waals surface area contributed by atoms with Crippen LogP contribution in [0.2, 0.25) is 0 Å². The van der Waals surface area contributed by atoms with Crippen molar-refractivity contribution in [3.8, 4) is 0 Å². The number of hydrogen-bond donors (Lipinski definition) is 0. The number of aryl methyl sites for hydroxylation is 1. The highest BCUT2D eigenvalue weighted by Crippen LogP contribution is 2.29. The average Bonchev–Trinajstić information content (AvgIpc) is 2.66. The fraction of sp³-hybridized carbons (Fsp3) is 0.368. The van der Waals surface area contributed by atoms with E-state index in [4.69, 9.17) is 0 Å². The van der Waals surface area contributed by atoms with Crippen molar-refractivity contribution in [3.63, 3.8) is 0 Å². The predicted molar refractivity (Wildman–Crippen MR) is 102 cm³/mol. The highest BCUT2D eigenvalue weighted by molar-refractivity contribution is 7.90. The molecule has 29 heavy (non-hydrogen) atoms. The lowest BCUT2D eigenvalue weighted by atomic mass is 10.1. The summed E-state index contributed by atoms with van der Waals surface area (Å²) >= 11 is 0. The molecule has 0 radical (unpaired) electrons. The molecule has 2 aromatic rings. The average molecular weight is 427 g/mol. The number of anilines is 1. The Bertz CT molecular complexity index is 1010. The summed E-state index contributed by atoms with van der Waals surface area (Å²) < 4.78 is 61.7. The lowest BCUT2D eigenvalue weighted by Gasteiger charge is -2.35. The fourth-order valence-electron chi connectivity index (χ4n) is 3.19. The first-order valence-electron chi connectivity index (χ1n) is 8.85. The number of halogens is 3. The van der Waals surface area contributed by atoms with E-state index in [0.29, 0.717) is 37.6 Å². The van der Waals surface area contributed by atoms with Crippen molar-refractivity contribution in [1.82, 2.24) is 9.88 Å². The van der Waals surface area contributed by atoms with Crippen molar-refractivity contribution in [2.24, 2.45) is 0 Å². The van der Waals surface area contributed by atoms with E-state index >= 15 is 0 Å². The molecule has 0 bridgehead atoms. The molecule has 1 aromatic heterocycles. The summed E-state index contributed by atoms with van der Waals surface area (Å²) in [5.74, 6) is 0.134. The van der Waals surface area contributed by atoms with Gasteiger partial charge < -0.3 is 9.80 Å². The molecule has 0 spiro atoms. The Morgan fingerprint density at radius 1 is 1.07 bits per heavy atom. The molecule has 0 saturated carbocycles. The molecule has 1 aromatic carbocycles. The van der Waals surface area contributed by atoms with Crippen LogP contribution in [0.4, 0.5) is 19.0 Å². The maximum atomic E-state index is 12.8. The molecule has 0 N–H and O–H groups in total. The Balaban J connectivity index is 1.69. The van der Waals surface area contributed by atoms with Crippen molar-refractivity contribution in [2.45, 2.75) is 18.0 Å². The van der Waals surface area contributed by atoms with Gasteiger partial charge in [-0.05, 0) is 36.8 Å². The number of sulfone groups is 1. The largest absolute Gasteiger partial charge is 0.417 e. The smallest absolute Gasteiger partial charge is 0.353 e. The van der Waals surface area contributed by atoms with Gasteiger partial charge in [0.1, 0.15) is 5.82 Å². The number of benzene rings is 1. The first-order chi connectivity index (χ1) is 13.5. The molecule has 0 unspecified atom stereocenters. The maximum Gasteiger partial charge on any atom is 0.417 e. The Morgan fingerprint density at radius 2 is 1.72 bits per heavy atom. The number of hydrogen-bond acceptors (Lipinski definition) is 5. The van der Waals surface area contributed by atoms with Crippen LogP contribution >= 0.6 is 0 Å². The topological polar surface area (TPSA) is 70.6 Å². The van der Waals surface area contributed by atoms with E-state index in [1.165, 1.54) is 12.1 Å². The molecule has 1 fully saturated rings. The summed E-state index contributed by atoms with van der Waals surface area (Å²) in [5.41, 5.74) is 0.0514. The SMILES string of the molecule is Cc1ccc(C(=O)N2CCN(c3ccc(C(F)(F)F)cn3)CC2)cc1S(C)(=O)=O. The van der Waals surface area contributed by atoms with E-state index in [2.05, 4.69) is 4.98 Å². The van der Waals surface area contributed by atoms with Crippen LogP contribution in [0.3, 0.4) is 0 Å². The Labute approximate surface area is 166 Å². The van der Waals surface area contributed by atoms with Gasteiger partial charge in [-0.1, -0.05) is 6.07 Å². The number of alkyl halides is 3. The molecule has 1 aliphatic rings. The van der Waals surface area contributed by atoms with Gasteiger partial charge in [0, 0.05) is 44.2 Å². The zero-order valence-electron chi connectivity index (χ0n) is 15.9.